The Morgan fingerprint density at radius 1 is 1.37 bits per heavy atom. The van der Waals surface area contributed by atoms with Crippen LogP contribution < -0.4 is 5.32 Å². The van der Waals surface area contributed by atoms with Gasteiger partial charge in [-0.25, -0.2) is 0 Å². The van der Waals surface area contributed by atoms with E-state index in [2.05, 4.69) is 30.3 Å². The van der Waals surface area contributed by atoms with Crippen LogP contribution in [0, 0.1) is 0 Å². The van der Waals surface area contributed by atoms with Gasteiger partial charge in [-0.05, 0) is 38.4 Å². The summed E-state index contributed by atoms with van der Waals surface area (Å²) in [5.74, 6) is 0.354. The first kappa shape index (κ1) is 15.2. The Balaban J connectivity index is 2.07. The molecule has 1 amide bonds. The third-order valence-corrected chi connectivity index (χ3v) is 5.67. The van der Waals surface area contributed by atoms with Gasteiger partial charge in [0.15, 0.2) is 0 Å². The molecule has 2 rings (SSSR count). The summed E-state index contributed by atoms with van der Waals surface area (Å²) in [4.78, 5) is 14.8. The van der Waals surface area contributed by atoms with E-state index in [0.717, 1.165) is 24.5 Å². The molecule has 19 heavy (non-hydrogen) atoms. The minimum absolute atomic E-state index is 0.0613. The Morgan fingerprint density at radius 3 is 2.79 bits per heavy atom. The summed E-state index contributed by atoms with van der Waals surface area (Å²) >= 11 is 1.97. The summed E-state index contributed by atoms with van der Waals surface area (Å²) in [5.41, 5.74) is 0. The highest BCUT2D eigenvalue weighted by atomic mass is 32.2. The first-order valence-corrected chi connectivity index (χ1v) is 9.11. The van der Waals surface area contributed by atoms with Crippen LogP contribution in [0.5, 0.6) is 0 Å². The zero-order valence-electron chi connectivity index (χ0n) is 12.5. The minimum Gasteiger partial charge on any atom is -0.323 e. The van der Waals surface area contributed by atoms with Gasteiger partial charge in [0, 0.05) is 11.3 Å². The molecule has 1 aliphatic carbocycles. The van der Waals surface area contributed by atoms with Gasteiger partial charge in [-0.2, -0.15) is 11.8 Å². The molecule has 4 heteroatoms. The fourth-order valence-corrected chi connectivity index (χ4v) is 4.34. The lowest BCUT2D eigenvalue weighted by Gasteiger charge is -2.37. The molecule has 0 aromatic rings. The Hall–Kier alpha value is -0.220. The molecule has 0 radical (unpaired) electrons. The van der Waals surface area contributed by atoms with Crippen molar-refractivity contribution in [1.82, 2.24) is 10.2 Å². The Labute approximate surface area is 121 Å². The topological polar surface area (TPSA) is 32.3 Å². The fraction of sp³-hybridized carbons (Fsp3) is 0.933. The molecule has 4 atom stereocenters. The highest BCUT2D eigenvalue weighted by Crippen LogP contribution is 2.33. The van der Waals surface area contributed by atoms with Crippen molar-refractivity contribution in [2.45, 2.75) is 82.3 Å². The maximum atomic E-state index is 12.6. The van der Waals surface area contributed by atoms with Crippen molar-refractivity contribution in [3.8, 4) is 0 Å². The van der Waals surface area contributed by atoms with Crippen molar-refractivity contribution in [1.29, 1.82) is 0 Å². The predicted molar refractivity (Wildman–Crippen MR) is 82.3 cm³/mol. The van der Waals surface area contributed by atoms with Crippen LogP contribution in [-0.4, -0.2) is 40.6 Å². The van der Waals surface area contributed by atoms with E-state index in [1.165, 1.54) is 25.7 Å². The summed E-state index contributed by atoms with van der Waals surface area (Å²) in [6.45, 7) is 4.31. The number of hydrogen-bond acceptors (Lipinski definition) is 3. The van der Waals surface area contributed by atoms with E-state index < -0.39 is 0 Å². The molecule has 1 N–H and O–H groups in total. The van der Waals surface area contributed by atoms with Crippen LogP contribution in [0.1, 0.15) is 58.8 Å². The van der Waals surface area contributed by atoms with E-state index in [4.69, 9.17) is 0 Å². The lowest BCUT2D eigenvalue weighted by Crippen LogP contribution is -2.47. The number of nitrogens with one attached hydrogen (secondary N) is 1. The first-order chi connectivity index (χ1) is 9.21. The van der Waals surface area contributed by atoms with Crippen molar-refractivity contribution < 1.29 is 4.79 Å². The van der Waals surface area contributed by atoms with Crippen molar-refractivity contribution in [2.75, 3.05) is 6.26 Å². The zero-order chi connectivity index (χ0) is 13.8. The number of carbonyl (C=O) groups excluding carboxylic acids is 1. The van der Waals surface area contributed by atoms with Crippen molar-refractivity contribution >= 4 is 17.7 Å². The summed E-state index contributed by atoms with van der Waals surface area (Å²) in [7, 11) is 0. The molecule has 110 valence electrons. The van der Waals surface area contributed by atoms with Crippen LogP contribution in [0.15, 0.2) is 0 Å². The highest BCUT2D eigenvalue weighted by molar-refractivity contribution is 7.99. The molecule has 1 aliphatic heterocycles. The monoisotopic (exact) mass is 284 g/mol. The van der Waals surface area contributed by atoms with E-state index in [0.29, 0.717) is 11.9 Å². The van der Waals surface area contributed by atoms with Gasteiger partial charge in [0.25, 0.3) is 0 Å². The molecule has 0 aromatic carbocycles. The lowest BCUT2D eigenvalue weighted by atomic mass is 9.93. The van der Waals surface area contributed by atoms with Crippen molar-refractivity contribution in [3.63, 3.8) is 0 Å². The van der Waals surface area contributed by atoms with Gasteiger partial charge in [0.1, 0.15) is 0 Å². The number of amides is 1. The Morgan fingerprint density at radius 2 is 2.16 bits per heavy atom. The maximum absolute atomic E-state index is 12.6. The molecular formula is C15H28N2OS. The maximum Gasteiger partial charge on any atom is 0.241 e. The molecule has 4 unspecified atom stereocenters. The van der Waals surface area contributed by atoms with Gasteiger partial charge >= 0.3 is 0 Å². The second-order valence-corrected chi connectivity index (χ2v) is 6.99. The zero-order valence-corrected chi connectivity index (χ0v) is 13.3. The van der Waals surface area contributed by atoms with Crippen molar-refractivity contribution in [2.24, 2.45) is 0 Å². The third kappa shape index (κ3) is 3.27. The predicted octanol–water partition coefficient (Wildman–Crippen LogP) is 3.00. The molecule has 2 aliphatic rings. The second-order valence-electron chi connectivity index (χ2n) is 5.86. The van der Waals surface area contributed by atoms with E-state index in [1.54, 1.807) is 0 Å². The molecule has 0 spiro atoms. The number of thioether (sulfide) groups is 1. The van der Waals surface area contributed by atoms with Gasteiger partial charge in [-0.15, -0.1) is 0 Å². The van der Waals surface area contributed by atoms with Crippen LogP contribution in [0.3, 0.4) is 0 Å². The molecule has 1 heterocycles. The van der Waals surface area contributed by atoms with Crippen molar-refractivity contribution in [3.05, 3.63) is 0 Å². The normalized spacial score (nSPS) is 35.9. The fourth-order valence-electron chi connectivity index (χ4n) is 3.53. The smallest absolute Gasteiger partial charge is 0.241 e. The quantitative estimate of drug-likeness (QED) is 0.842. The minimum atomic E-state index is 0.0613. The Bertz CT molecular complexity index is 311. The van der Waals surface area contributed by atoms with Gasteiger partial charge < -0.3 is 4.90 Å². The summed E-state index contributed by atoms with van der Waals surface area (Å²) < 4.78 is 0. The molecule has 1 saturated heterocycles. The summed E-state index contributed by atoms with van der Waals surface area (Å²) in [5, 5.41) is 4.29. The van der Waals surface area contributed by atoms with Gasteiger partial charge in [-0.3, -0.25) is 10.1 Å². The molecular weight excluding hydrogens is 256 g/mol. The number of nitrogens with zero attached hydrogens (tertiary/aromatic N) is 1. The second kappa shape index (κ2) is 6.98. The molecule has 1 saturated carbocycles. The van der Waals surface area contributed by atoms with Crippen LogP contribution in [-0.2, 0) is 4.79 Å². The van der Waals surface area contributed by atoms with Crippen LogP contribution in [0.4, 0.5) is 0 Å². The largest absolute Gasteiger partial charge is 0.323 e. The highest BCUT2D eigenvalue weighted by Gasteiger charge is 2.42. The van der Waals surface area contributed by atoms with Gasteiger partial charge in [-0.1, -0.05) is 26.7 Å². The average Bonchev–Trinajstić information content (AvgIpc) is 2.75. The molecule has 0 aromatic heterocycles. The Kier molecular flexibility index (Phi) is 5.58. The van der Waals surface area contributed by atoms with Gasteiger partial charge in [0.05, 0.1) is 12.2 Å². The average molecular weight is 284 g/mol. The molecule has 3 nitrogen and oxygen atoms in total. The van der Waals surface area contributed by atoms with Crippen LogP contribution >= 0.6 is 11.8 Å². The molecule has 2 fully saturated rings. The SMILES string of the molecule is CCCC1NC(CC)C(=O)N1C1CCCC(SC)C1. The van der Waals surface area contributed by atoms with E-state index in [9.17, 15) is 4.79 Å². The number of hydrogen-bond donors (Lipinski definition) is 1. The lowest BCUT2D eigenvalue weighted by molar-refractivity contribution is -0.133. The number of carbonyl (C=O) groups is 1. The first-order valence-electron chi connectivity index (χ1n) is 7.82. The van der Waals surface area contributed by atoms with Gasteiger partial charge in [0.2, 0.25) is 5.91 Å². The van der Waals surface area contributed by atoms with E-state index in [-0.39, 0.29) is 12.2 Å². The third-order valence-electron chi connectivity index (χ3n) is 4.58. The number of rotatable bonds is 5. The van der Waals surface area contributed by atoms with Crippen LogP contribution in [0.2, 0.25) is 0 Å². The standard InChI is InChI=1S/C15H28N2OS/c1-4-7-14-16-13(5-2)15(18)17(14)11-8-6-9-12(10-11)19-3/h11-14,16H,4-10H2,1-3H3. The van der Waals surface area contributed by atoms with E-state index >= 15 is 0 Å². The van der Waals surface area contributed by atoms with E-state index in [1.807, 2.05) is 11.8 Å². The molecule has 0 bridgehead atoms. The van der Waals surface area contributed by atoms with Crippen LogP contribution in [0.25, 0.3) is 0 Å². The summed E-state index contributed by atoms with van der Waals surface area (Å²) in [6, 6.07) is 0.533. The summed E-state index contributed by atoms with van der Waals surface area (Å²) in [6.07, 6.45) is 10.6.